The predicted octanol–water partition coefficient (Wildman–Crippen LogP) is 7.67. The number of aromatic nitrogens is 6. The van der Waals surface area contributed by atoms with Gasteiger partial charge in [-0.25, -0.2) is 9.97 Å². The van der Waals surface area contributed by atoms with Gasteiger partial charge in [0, 0.05) is 51.9 Å². The minimum atomic E-state index is -1.14. The van der Waals surface area contributed by atoms with Crippen molar-refractivity contribution in [1.29, 1.82) is 0 Å². The van der Waals surface area contributed by atoms with Gasteiger partial charge in [0.1, 0.15) is 40.4 Å². The third-order valence-electron chi connectivity index (χ3n) is 7.93. The summed E-state index contributed by atoms with van der Waals surface area (Å²) in [6, 6.07) is 10.6. The van der Waals surface area contributed by atoms with Gasteiger partial charge in [-0.1, -0.05) is 31.2 Å². The van der Waals surface area contributed by atoms with E-state index in [4.69, 9.17) is 31.0 Å². The van der Waals surface area contributed by atoms with E-state index < -0.39 is 8.07 Å². The normalized spacial score (nSPS) is 15.9. The molecule has 1 aliphatic carbocycles. The van der Waals surface area contributed by atoms with Gasteiger partial charge in [-0.2, -0.15) is 5.10 Å². The van der Waals surface area contributed by atoms with Gasteiger partial charge in [0.25, 0.3) is 0 Å². The summed E-state index contributed by atoms with van der Waals surface area (Å²) in [7, 11) is -1.14. The molecular formula is C32H37ClN6O3Si. The maximum absolute atomic E-state index is 11.9. The quantitative estimate of drug-likeness (QED) is 0.117. The summed E-state index contributed by atoms with van der Waals surface area (Å²) in [4.78, 5) is 26.0. The van der Waals surface area contributed by atoms with Crippen molar-refractivity contribution in [1.82, 2.24) is 29.3 Å². The molecule has 0 amide bonds. The Labute approximate surface area is 257 Å². The molecule has 224 valence electrons. The number of nitrogens with zero attached hydrogens (tertiary/aromatic N) is 6. The molecule has 1 saturated carbocycles. The number of ketones is 1. The first-order valence-corrected chi connectivity index (χ1v) is 18.9. The standard InChI is InChI=1S/C32H37ClN6O3Si/c1-21-36-27-15-25(8-10-29(27)39(21)20-41-12-13-43(2,3)4)42-30-11-9-26-32(31(30)33)37-28(17-34-26)23-16-35-38(19-23)18-22-6-5-7-24(40)14-22/h8-11,15-17,19,22H,5-7,12-14,18,20H2,1-4H3. The first kappa shape index (κ1) is 29.5. The van der Waals surface area contributed by atoms with Crippen LogP contribution in [0, 0.1) is 12.8 Å². The molecule has 3 aromatic heterocycles. The Bertz CT molecular complexity index is 1790. The van der Waals surface area contributed by atoms with Gasteiger partial charge >= 0.3 is 0 Å². The molecule has 6 rings (SSSR count). The maximum Gasteiger partial charge on any atom is 0.148 e. The van der Waals surface area contributed by atoms with Crippen molar-refractivity contribution >= 4 is 47.5 Å². The van der Waals surface area contributed by atoms with Crippen LogP contribution in [-0.2, 0) is 22.8 Å². The number of rotatable bonds is 10. The molecule has 2 aromatic carbocycles. The Morgan fingerprint density at radius 2 is 1.95 bits per heavy atom. The van der Waals surface area contributed by atoms with Gasteiger partial charge in [0.2, 0.25) is 0 Å². The fraction of sp³-hybridized carbons (Fsp3) is 0.406. The predicted molar refractivity (Wildman–Crippen MR) is 171 cm³/mol. The first-order valence-electron chi connectivity index (χ1n) is 14.9. The average molecular weight is 617 g/mol. The maximum atomic E-state index is 11.9. The molecule has 1 unspecified atom stereocenters. The van der Waals surface area contributed by atoms with Gasteiger partial charge in [-0.05, 0) is 56.0 Å². The van der Waals surface area contributed by atoms with Crippen molar-refractivity contribution in [2.75, 3.05) is 6.61 Å². The molecular weight excluding hydrogens is 580 g/mol. The molecule has 0 spiro atoms. The van der Waals surface area contributed by atoms with E-state index >= 15 is 0 Å². The molecule has 11 heteroatoms. The third-order valence-corrected chi connectivity index (χ3v) is 10.0. The highest BCUT2D eigenvalue weighted by atomic mass is 35.5. The van der Waals surface area contributed by atoms with Crippen molar-refractivity contribution in [2.45, 2.75) is 71.6 Å². The van der Waals surface area contributed by atoms with E-state index in [-0.39, 0.29) is 0 Å². The SMILES string of the molecule is Cc1nc2cc(Oc3ccc4ncc(-c5cnn(CC6CCCC(=O)C6)c5)nc4c3Cl)ccc2n1COCC[Si](C)(C)C. The highest BCUT2D eigenvalue weighted by Gasteiger charge is 2.21. The Morgan fingerprint density at radius 3 is 2.77 bits per heavy atom. The lowest BCUT2D eigenvalue weighted by atomic mass is 9.88. The second kappa shape index (κ2) is 12.2. The monoisotopic (exact) mass is 616 g/mol. The van der Waals surface area contributed by atoms with Crippen molar-refractivity contribution in [2.24, 2.45) is 5.92 Å². The summed E-state index contributed by atoms with van der Waals surface area (Å²) >= 11 is 6.84. The summed E-state index contributed by atoms with van der Waals surface area (Å²) in [5, 5.41) is 4.90. The van der Waals surface area contributed by atoms with E-state index in [1.54, 1.807) is 12.4 Å². The summed E-state index contributed by atoms with van der Waals surface area (Å²) < 4.78 is 16.2. The van der Waals surface area contributed by atoms with Crippen LogP contribution in [0.4, 0.5) is 0 Å². The highest BCUT2D eigenvalue weighted by Crippen LogP contribution is 2.36. The minimum absolute atomic E-state index is 0.330. The van der Waals surface area contributed by atoms with Crippen LogP contribution >= 0.6 is 11.6 Å². The minimum Gasteiger partial charge on any atom is -0.456 e. The van der Waals surface area contributed by atoms with E-state index in [2.05, 4.69) is 34.3 Å². The largest absolute Gasteiger partial charge is 0.456 e. The number of halogens is 1. The fourth-order valence-corrected chi connectivity index (χ4v) is 6.49. The number of imidazole rings is 1. The lowest BCUT2D eigenvalue weighted by Crippen LogP contribution is -2.22. The molecule has 0 saturated heterocycles. The van der Waals surface area contributed by atoms with Crippen LogP contribution in [0.1, 0.15) is 31.5 Å². The number of hydrogen-bond acceptors (Lipinski definition) is 7. The highest BCUT2D eigenvalue weighted by molar-refractivity contribution is 6.76. The number of hydrogen-bond donors (Lipinski definition) is 0. The smallest absolute Gasteiger partial charge is 0.148 e. The molecule has 1 aliphatic rings. The molecule has 3 heterocycles. The molecule has 0 radical (unpaired) electrons. The molecule has 9 nitrogen and oxygen atoms in total. The molecule has 0 N–H and O–H groups in total. The van der Waals surface area contributed by atoms with E-state index in [1.165, 1.54) is 0 Å². The summed E-state index contributed by atoms with van der Waals surface area (Å²) in [6.45, 7) is 11.0. The second-order valence-corrected chi connectivity index (χ2v) is 18.6. The van der Waals surface area contributed by atoms with Gasteiger partial charge in [-0.3, -0.25) is 14.5 Å². The van der Waals surface area contributed by atoms with Gasteiger partial charge in [0.15, 0.2) is 0 Å². The van der Waals surface area contributed by atoms with Crippen molar-refractivity contribution in [3.05, 3.63) is 59.8 Å². The Kier molecular flexibility index (Phi) is 8.35. The van der Waals surface area contributed by atoms with E-state index in [1.807, 2.05) is 48.1 Å². The fourth-order valence-electron chi connectivity index (χ4n) is 5.49. The van der Waals surface area contributed by atoms with Gasteiger partial charge < -0.3 is 14.0 Å². The van der Waals surface area contributed by atoms with E-state index in [0.717, 1.165) is 54.5 Å². The molecule has 0 bridgehead atoms. The zero-order valence-corrected chi connectivity index (χ0v) is 26.9. The van der Waals surface area contributed by atoms with Gasteiger partial charge in [0.05, 0.1) is 34.6 Å². The van der Waals surface area contributed by atoms with Crippen LogP contribution in [0.3, 0.4) is 0 Å². The van der Waals surface area contributed by atoms with E-state index in [9.17, 15) is 4.79 Å². The number of fused-ring (bicyclic) bond motifs is 2. The number of Topliss-reactive ketones (excluding diaryl/α,β-unsaturated/α-hetero) is 1. The van der Waals surface area contributed by atoms with E-state index in [0.29, 0.717) is 64.5 Å². The third kappa shape index (κ3) is 6.81. The number of carbonyl (C=O) groups is 1. The molecule has 5 aromatic rings. The Balaban J connectivity index is 1.19. The van der Waals surface area contributed by atoms with Crippen LogP contribution in [-0.4, -0.2) is 49.8 Å². The lowest BCUT2D eigenvalue weighted by molar-refractivity contribution is -0.121. The molecule has 1 fully saturated rings. The summed E-state index contributed by atoms with van der Waals surface area (Å²) in [5.41, 5.74) is 4.57. The zero-order chi connectivity index (χ0) is 30.1. The van der Waals surface area contributed by atoms with Crippen LogP contribution in [0.25, 0.3) is 33.3 Å². The van der Waals surface area contributed by atoms with Crippen molar-refractivity contribution in [3.8, 4) is 22.8 Å². The Hall–Kier alpha value is -3.60. The topological polar surface area (TPSA) is 97.0 Å². The second-order valence-electron chi connectivity index (χ2n) is 12.6. The first-order chi connectivity index (χ1) is 20.6. The Morgan fingerprint density at radius 1 is 1.09 bits per heavy atom. The van der Waals surface area contributed by atoms with Crippen LogP contribution in [0.15, 0.2) is 48.9 Å². The molecule has 1 atom stereocenters. The van der Waals surface area contributed by atoms with Crippen LogP contribution in [0.2, 0.25) is 30.7 Å². The van der Waals surface area contributed by atoms with Crippen molar-refractivity contribution in [3.63, 3.8) is 0 Å². The number of benzene rings is 2. The van der Waals surface area contributed by atoms with Crippen molar-refractivity contribution < 1.29 is 14.3 Å². The number of ether oxygens (including phenoxy) is 2. The average Bonchev–Trinajstić information content (AvgIpc) is 3.55. The number of carbonyl (C=O) groups excluding carboxylic acids is 1. The molecule has 43 heavy (non-hydrogen) atoms. The zero-order valence-electron chi connectivity index (χ0n) is 25.1. The van der Waals surface area contributed by atoms with Gasteiger partial charge in [-0.15, -0.1) is 0 Å². The lowest BCUT2D eigenvalue weighted by Gasteiger charge is -2.20. The van der Waals surface area contributed by atoms with Crippen LogP contribution in [0.5, 0.6) is 11.5 Å². The summed E-state index contributed by atoms with van der Waals surface area (Å²) in [5.74, 6) is 2.69. The molecule has 0 aliphatic heterocycles. The van der Waals surface area contributed by atoms with Crippen LogP contribution < -0.4 is 4.74 Å². The summed E-state index contributed by atoms with van der Waals surface area (Å²) in [6.07, 6.45) is 8.81. The number of aryl methyl sites for hydroxylation is 1.